The number of amides is 1. The monoisotopic (exact) mass is 249 g/mol. The molecule has 0 bridgehead atoms. The van der Waals surface area contributed by atoms with E-state index in [0.29, 0.717) is 12.6 Å². The van der Waals surface area contributed by atoms with Gasteiger partial charge < -0.3 is 5.32 Å². The van der Waals surface area contributed by atoms with Crippen LogP contribution in [0, 0.1) is 17.2 Å². The Balaban J connectivity index is 1.70. The second kappa shape index (κ2) is 6.75. The first kappa shape index (κ1) is 13.4. The second-order valence-corrected chi connectivity index (χ2v) is 5.55. The number of nitrogens with one attached hydrogen (secondary N) is 1. The number of likely N-dealkylation sites (tertiary alicyclic amines) is 1. The Kier molecular flexibility index (Phi) is 5.00. The summed E-state index contributed by atoms with van der Waals surface area (Å²) in [5, 5.41) is 11.8. The third-order valence-electron chi connectivity index (χ3n) is 4.20. The zero-order valence-corrected chi connectivity index (χ0v) is 11.0. The van der Waals surface area contributed by atoms with Crippen LogP contribution in [0.1, 0.15) is 44.9 Å². The van der Waals surface area contributed by atoms with Gasteiger partial charge in [-0.3, -0.25) is 9.69 Å². The summed E-state index contributed by atoms with van der Waals surface area (Å²) in [6, 6.07) is 2.51. The van der Waals surface area contributed by atoms with Gasteiger partial charge >= 0.3 is 0 Å². The fraction of sp³-hybridized carbons (Fsp3) is 0.857. The summed E-state index contributed by atoms with van der Waals surface area (Å²) in [4.78, 5) is 14.3. The Morgan fingerprint density at radius 1 is 1.17 bits per heavy atom. The average molecular weight is 249 g/mol. The van der Waals surface area contributed by atoms with Gasteiger partial charge in [-0.1, -0.05) is 19.3 Å². The summed E-state index contributed by atoms with van der Waals surface area (Å²) in [5.74, 6) is 0.532. The Hall–Kier alpha value is -1.08. The van der Waals surface area contributed by atoms with Crippen LogP contribution in [0.5, 0.6) is 0 Å². The lowest BCUT2D eigenvalue weighted by molar-refractivity contribution is -0.127. The molecule has 4 nitrogen and oxygen atoms in total. The quantitative estimate of drug-likeness (QED) is 0.774. The van der Waals surface area contributed by atoms with Crippen molar-refractivity contribution in [3.05, 3.63) is 0 Å². The molecule has 1 saturated carbocycles. The van der Waals surface area contributed by atoms with Crippen molar-refractivity contribution >= 4 is 5.91 Å². The number of carbonyl (C=O) groups excluding carboxylic acids is 1. The van der Waals surface area contributed by atoms with Gasteiger partial charge in [0.05, 0.1) is 12.6 Å². The SMILES string of the molecule is N#CCN1CCC(NC(=O)C2CCCCC2)CC1. The first-order valence-electron chi connectivity index (χ1n) is 7.19. The van der Waals surface area contributed by atoms with E-state index in [4.69, 9.17) is 5.26 Å². The molecule has 1 aliphatic heterocycles. The zero-order chi connectivity index (χ0) is 12.8. The van der Waals surface area contributed by atoms with Crippen molar-refractivity contribution in [2.24, 2.45) is 5.92 Å². The van der Waals surface area contributed by atoms with E-state index in [1.807, 2.05) is 0 Å². The van der Waals surface area contributed by atoms with Gasteiger partial charge in [0, 0.05) is 25.0 Å². The van der Waals surface area contributed by atoms with E-state index in [2.05, 4.69) is 16.3 Å². The van der Waals surface area contributed by atoms with Gasteiger partial charge in [-0.15, -0.1) is 0 Å². The van der Waals surface area contributed by atoms with E-state index < -0.39 is 0 Å². The van der Waals surface area contributed by atoms with E-state index in [1.54, 1.807) is 0 Å². The molecule has 2 rings (SSSR count). The zero-order valence-electron chi connectivity index (χ0n) is 11.0. The van der Waals surface area contributed by atoms with E-state index in [9.17, 15) is 4.79 Å². The van der Waals surface area contributed by atoms with Crippen molar-refractivity contribution in [3.8, 4) is 6.07 Å². The van der Waals surface area contributed by atoms with Crippen LogP contribution in [0.3, 0.4) is 0 Å². The topological polar surface area (TPSA) is 56.1 Å². The number of piperidine rings is 1. The summed E-state index contributed by atoms with van der Waals surface area (Å²) in [7, 11) is 0. The lowest BCUT2D eigenvalue weighted by Crippen LogP contribution is -2.46. The average Bonchev–Trinajstić information content (AvgIpc) is 2.42. The Morgan fingerprint density at radius 2 is 1.83 bits per heavy atom. The fourth-order valence-corrected chi connectivity index (χ4v) is 3.02. The summed E-state index contributed by atoms with van der Waals surface area (Å²) in [5.41, 5.74) is 0. The minimum absolute atomic E-state index is 0.260. The van der Waals surface area contributed by atoms with Crippen LogP contribution in [0.4, 0.5) is 0 Å². The van der Waals surface area contributed by atoms with Crippen molar-refractivity contribution < 1.29 is 4.79 Å². The lowest BCUT2D eigenvalue weighted by atomic mass is 9.88. The number of rotatable bonds is 3. The van der Waals surface area contributed by atoms with E-state index in [1.165, 1.54) is 19.3 Å². The Morgan fingerprint density at radius 3 is 2.44 bits per heavy atom. The summed E-state index contributed by atoms with van der Waals surface area (Å²) < 4.78 is 0. The molecule has 0 unspecified atom stereocenters. The number of nitrogens with zero attached hydrogens (tertiary/aromatic N) is 2. The molecule has 18 heavy (non-hydrogen) atoms. The molecule has 2 fully saturated rings. The Labute approximate surface area is 109 Å². The molecule has 0 aromatic heterocycles. The molecule has 0 aromatic carbocycles. The number of carbonyl (C=O) groups is 1. The van der Waals surface area contributed by atoms with Crippen LogP contribution < -0.4 is 5.32 Å². The van der Waals surface area contributed by atoms with Crippen LogP contribution in [-0.4, -0.2) is 36.5 Å². The molecule has 4 heteroatoms. The first-order valence-corrected chi connectivity index (χ1v) is 7.19. The van der Waals surface area contributed by atoms with Gasteiger partial charge in [-0.2, -0.15) is 5.26 Å². The smallest absolute Gasteiger partial charge is 0.223 e. The van der Waals surface area contributed by atoms with Gasteiger partial charge in [0.25, 0.3) is 0 Å². The Bertz CT molecular complexity index is 309. The number of hydrogen-bond acceptors (Lipinski definition) is 3. The van der Waals surface area contributed by atoms with Crippen LogP contribution in [-0.2, 0) is 4.79 Å². The first-order chi connectivity index (χ1) is 8.79. The van der Waals surface area contributed by atoms with E-state index in [-0.39, 0.29) is 11.8 Å². The maximum atomic E-state index is 12.1. The van der Waals surface area contributed by atoms with Gasteiger partial charge in [0.15, 0.2) is 0 Å². The van der Waals surface area contributed by atoms with Crippen molar-refractivity contribution in [2.75, 3.05) is 19.6 Å². The highest BCUT2D eigenvalue weighted by Gasteiger charge is 2.25. The summed E-state index contributed by atoms with van der Waals surface area (Å²) in [6.07, 6.45) is 7.81. The minimum Gasteiger partial charge on any atom is -0.353 e. The maximum absolute atomic E-state index is 12.1. The van der Waals surface area contributed by atoms with Crippen molar-refractivity contribution in [1.29, 1.82) is 5.26 Å². The molecule has 1 heterocycles. The summed E-state index contributed by atoms with van der Waals surface area (Å²) in [6.45, 7) is 2.38. The maximum Gasteiger partial charge on any atom is 0.223 e. The number of hydrogen-bond donors (Lipinski definition) is 1. The predicted octanol–water partition coefficient (Wildman–Crippen LogP) is 1.67. The van der Waals surface area contributed by atoms with Crippen LogP contribution in [0.15, 0.2) is 0 Å². The van der Waals surface area contributed by atoms with Crippen molar-refractivity contribution in [1.82, 2.24) is 10.2 Å². The largest absolute Gasteiger partial charge is 0.353 e. The molecule has 1 aliphatic carbocycles. The highest BCUT2D eigenvalue weighted by Crippen LogP contribution is 2.24. The molecular formula is C14H23N3O. The molecule has 1 N–H and O–H groups in total. The summed E-state index contributed by atoms with van der Waals surface area (Å²) >= 11 is 0. The number of nitriles is 1. The molecule has 0 spiro atoms. The minimum atomic E-state index is 0.260. The van der Waals surface area contributed by atoms with E-state index >= 15 is 0 Å². The molecule has 1 saturated heterocycles. The van der Waals surface area contributed by atoms with Gasteiger partial charge in [0.1, 0.15) is 0 Å². The van der Waals surface area contributed by atoms with Gasteiger partial charge in [-0.25, -0.2) is 0 Å². The molecule has 0 aromatic rings. The highest BCUT2D eigenvalue weighted by molar-refractivity contribution is 5.79. The van der Waals surface area contributed by atoms with E-state index in [0.717, 1.165) is 38.8 Å². The molecule has 0 atom stereocenters. The molecule has 100 valence electrons. The molecular weight excluding hydrogens is 226 g/mol. The third kappa shape index (κ3) is 3.71. The van der Waals surface area contributed by atoms with Crippen molar-refractivity contribution in [3.63, 3.8) is 0 Å². The third-order valence-corrected chi connectivity index (χ3v) is 4.20. The standard InChI is InChI=1S/C14H23N3O/c15-8-11-17-9-6-13(7-10-17)16-14(18)12-4-2-1-3-5-12/h12-13H,1-7,9-11H2,(H,16,18). The highest BCUT2D eigenvalue weighted by atomic mass is 16.1. The predicted molar refractivity (Wildman–Crippen MR) is 69.8 cm³/mol. The fourth-order valence-electron chi connectivity index (χ4n) is 3.02. The molecule has 2 aliphatic rings. The van der Waals surface area contributed by atoms with Crippen LogP contribution >= 0.6 is 0 Å². The van der Waals surface area contributed by atoms with Gasteiger partial charge in [0.2, 0.25) is 5.91 Å². The van der Waals surface area contributed by atoms with Crippen molar-refractivity contribution in [2.45, 2.75) is 51.0 Å². The van der Waals surface area contributed by atoms with Gasteiger partial charge in [-0.05, 0) is 25.7 Å². The normalized spacial score (nSPS) is 23.5. The lowest BCUT2D eigenvalue weighted by Gasteiger charge is -2.32. The van der Waals surface area contributed by atoms with Crippen LogP contribution in [0.25, 0.3) is 0 Å². The molecule has 0 radical (unpaired) electrons. The second-order valence-electron chi connectivity index (χ2n) is 5.55. The molecule has 1 amide bonds. The van der Waals surface area contributed by atoms with Crippen LogP contribution in [0.2, 0.25) is 0 Å².